The molecule has 2 amide bonds. The largest absolute Gasteiger partial charge is 0.352 e. The molecule has 0 aliphatic heterocycles. The number of carbonyl (C=O) groups excluding carboxylic acids is 2. The number of anilines is 1. The van der Waals surface area contributed by atoms with Crippen LogP contribution in [0.25, 0.3) is 0 Å². The molecule has 13 heteroatoms. The highest BCUT2D eigenvalue weighted by molar-refractivity contribution is 7.92. The van der Waals surface area contributed by atoms with E-state index in [4.69, 9.17) is 23.2 Å². The number of non-ortho nitro benzene ring substituents is 1. The topological polar surface area (TPSA) is 130 Å². The molecule has 0 saturated heterocycles. The molecule has 0 heterocycles. The summed E-state index contributed by atoms with van der Waals surface area (Å²) in [6.45, 7) is 4.51. The second-order valence-electron chi connectivity index (χ2n) is 8.39. The van der Waals surface area contributed by atoms with Gasteiger partial charge in [0.05, 0.1) is 16.9 Å². The zero-order chi connectivity index (χ0) is 27.2. The molecule has 2 aromatic rings. The van der Waals surface area contributed by atoms with Crippen molar-refractivity contribution >= 4 is 56.4 Å². The third-order valence-corrected chi connectivity index (χ3v) is 6.91. The standard InChI is InChI=1S/C23H28Cl2N4O6S/c1-5-21(23(31)26-15(2)3)27(13-16-9-10-17(24)11-20(16)25)22(30)14-28(36(4,34)35)18-7-6-8-19(12-18)29(32)33/h6-12,15,21H,5,13-14H2,1-4H3,(H,26,31). The molecule has 0 fully saturated rings. The highest BCUT2D eigenvalue weighted by Gasteiger charge is 2.32. The lowest BCUT2D eigenvalue weighted by Gasteiger charge is -2.33. The fraction of sp³-hybridized carbons (Fsp3) is 0.391. The van der Waals surface area contributed by atoms with E-state index in [1.54, 1.807) is 32.9 Å². The number of sulfonamides is 1. The smallest absolute Gasteiger partial charge is 0.271 e. The number of amides is 2. The van der Waals surface area contributed by atoms with Gasteiger partial charge in [-0.25, -0.2) is 8.42 Å². The maximum atomic E-state index is 13.6. The highest BCUT2D eigenvalue weighted by atomic mass is 35.5. The molecule has 0 bridgehead atoms. The molecule has 1 atom stereocenters. The number of nitro benzene ring substituents is 1. The first-order valence-electron chi connectivity index (χ1n) is 11.0. The molecule has 2 aromatic carbocycles. The fourth-order valence-corrected chi connectivity index (χ4v) is 4.82. The quantitative estimate of drug-likeness (QED) is 0.327. The average Bonchev–Trinajstić information content (AvgIpc) is 2.77. The van der Waals surface area contributed by atoms with Crippen molar-refractivity contribution in [3.05, 3.63) is 68.2 Å². The third-order valence-electron chi connectivity index (χ3n) is 5.18. The molecule has 0 aliphatic rings. The number of nitro groups is 1. The van der Waals surface area contributed by atoms with E-state index >= 15 is 0 Å². The van der Waals surface area contributed by atoms with Crippen LogP contribution in [0.15, 0.2) is 42.5 Å². The van der Waals surface area contributed by atoms with Gasteiger partial charge >= 0.3 is 0 Å². The Morgan fingerprint density at radius 3 is 2.33 bits per heavy atom. The summed E-state index contributed by atoms with van der Waals surface area (Å²) in [6, 6.07) is 8.54. The van der Waals surface area contributed by atoms with Crippen LogP contribution in [0.3, 0.4) is 0 Å². The first-order valence-corrected chi connectivity index (χ1v) is 13.6. The number of halogens is 2. The molecule has 0 saturated carbocycles. The lowest BCUT2D eigenvalue weighted by Crippen LogP contribution is -2.53. The first-order chi connectivity index (χ1) is 16.7. The minimum absolute atomic E-state index is 0.0517. The minimum atomic E-state index is -4.03. The number of rotatable bonds is 11. The molecular formula is C23H28Cl2N4O6S. The molecule has 2 rings (SSSR count). The van der Waals surface area contributed by atoms with Gasteiger partial charge in [-0.3, -0.25) is 24.0 Å². The zero-order valence-corrected chi connectivity index (χ0v) is 22.6. The van der Waals surface area contributed by atoms with E-state index < -0.39 is 39.3 Å². The van der Waals surface area contributed by atoms with Gasteiger partial charge in [0.15, 0.2) is 0 Å². The highest BCUT2D eigenvalue weighted by Crippen LogP contribution is 2.26. The van der Waals surface area contributed by atoms with Gasteiger partial charge < -0.3 is 10.2 Å². The predicted molar refractivity (Wildman–Crippen MR) is 140 cm³/mol. The van der Waals surface area contributed by atoms with Crippen LogP contribution in [0.5, 0.6) is 0 Å². The normalized spacial score (nSPS) is 12.2. The second-order valence-corrected chi connectivity index (χ2v) is 11.1. The van der Waals surface area contributed by atoms with Crippen molar-refractivity contribution in [3.8, 4) is 0 Å². The van der Waals surface area contributed by atoms with E-state index in [-0.39, 0.29) is 35.4 Å². The number of benzene rings is 2. The van der Waals surface area contributed by atoms with E-state index in [1.807, 2.05) is 0 Å². The monoisotopic (exact) mass is 558 g/mol. The summed E-state index contributed by atoms with van der Waals surface area (Å²) in [5.41, 5.74) is 0.122. The van der Waals surface area contributed by atoms with Crippen LogP contribution < -0.4 is 9.62 Å². The molecule has 196 valence electrons. The summed E-state index contributed by atoms with van der Waals surface area (Å²) in [5, 5.41) is 14.6. The summed E-state index contributed by atoms with van der Waals surface area (Å²) in [5.74, 6) is -1.10. The second kappa shape index (κ2) is 12.4. The van der Waals surface area contributed by atoms with Crippen LogP contribution in [0, 0.1) is 10.1 Å². The molecule has 36 heavy (non-hydrogen) atoms. The van der Waals surface area contributed by atoms with Gasteiger partial charge in [-0.1, -0.05) is 42.3 Å². The SMILES string of the molecule is CCC(C(=O)NC(C)C)N(Cc1ccc(Cl)cc1Cl)C(=O)CN(c1cccc([N+](=O)[O-])c1)S(C)(=O)=O. The Hall–Kier alpha value is -2.89. The van der Waals surface area contributed by atoms with Crippen molar-refractivity contribution in [3.63, 3.8) is 0 Å². The number of nitrogens with one attached hydrogen (secondary N) is 1. The Bertz CT molecular complexity index is 1240. The minimum Gasteiger partial charge on any atom is -0.352 e. The van der Waals surface area contributed by atoms with Crippen LogP contribution in [0.4, 0.5) is 11.4 Å². The molecule has 1 N–H and O–H groups in total. The van der Waals surface area contributed by atoms with Gasteiger partial charge in [0.2, 0.25) is 21.8 Å². The average molecular weight is 559 g/mol. The van der Waals surface area contributed by atoms with E-state index in [0.29, 0.717) is 10.6 Å². The number of hydrogen-bond donors (Lipinski definition) is 1. The van der Waals surface area contributed by atoms with E-state index in [1.165, 1.54) is 29.2 Å². The van der Waals surface area contributed by atoms with E-state index in [2.05, 4.69) is 5.32 Å². The van der Waals surface area contributed by atoms with Gasteiger partial charge in [-0.2, -0.15) is 0 Å². The van der Waals surface area contributed by atoms with Gasteiger partial charge in [0.25, 0.3) is 5.69 Å². The molecule has 10 nitrogen and oxygen atoms in total. The number of carbonyl (C=O) groups is 2. The summed E-state index contributed by atoms with van der Waals surface area (Å²) in [4.78, 5) is 38.4. The van der Waals surface area contributed by atoms with Gasteiger partial charge in [-0.15, -0.1) is 0 Å². The summed E-state index contributed by atoms with van der Waals surface area (Å²) in [7, 11) is -4.03. The molecule has 0 aromatic heterocycles. The number of hydrogen-bond acceptors (Lipinski definition) is 6. The molecule has 1 unspecified atom stereocenters. The van der Waals surface area contributed by atoms with Crippen molar-refractivity contribution in [2.45, 2.75) is 45.8 Å². The molecule has 0 radical (unpaired) electrons. The summed E-state index contributed by atoms with van der Waals surface area (Å²) < 4.78 is 26.0. The van der Waals surface area contributed by atoms with Gasteiger partial charge in [0.1, 0.15) is 12.6 Å². The Balaban J connectivity index is 2.51. The Kier molecular flexibility index (Phi) is 10.1. The van der Waals surface area contributed by atoms with Crippen molar-refractivity contribution < 1.29 is 22.9 Å². The Labute approximate surface area is 220 Å². The summed E-state index contributed by atoms with van der Waals surface area (Å²) >= 11 is 12.3. The zero-order valence-electron chi connectivity index (χ0n) is 20.3. The predicted octanol–water partition coefficient (Wildman–Crippen LogP) is 4.00. The third kappa shape index (κ3) is 7.81. The molecule has 0 spiro atoms. The molecule has 0 aliphatic carbocycles. The van der Waals surface area contributed by atoms with Crippen LogP contribution in [0.2, 0.25) is 10.0 Å². The van der Waals surface area contributed by atoms with Crippen molar-refractivity contribution in [2.75, 3.05) is 17.1 Å². The van der Waals surface area contributed by atoms with Crippen molar-refractivity contribution in [1.29, 1.82) is 0 Å². The van der Waals surface area contributed by atoms with Gasteiger partial charge in [0, 0.05) is 34.8 Å². The van der Waals surface area contributed by atoms with Crippen molar-refractivity contribution in [1.82, 2.24) is 10.2 Å². The number of nitrogens with zero attached hydrogens (tertiary/aromatic N) is 3. The van der Waals surface area contributed by atoms with Crippen molar-refractivity contribution in [2.24, 2.45) is 0 Å². The van der Waals surface area contributed by atoms with Crippen LogP contribution in [-0.2, 0) is 26.2 Å². The lowest BCUT2D eigenvalue weighted by atomic mass is 10.1. The molecular weight excluding hydrogens is 531 g/mol. The Morgan fingerprint density at radius 2 is 1.81 bits per heavy atom. The lowest BCUT2D eigenvalue weighted by molar-refractivity contribution is -0.384. The van der Waals surface area contributed by atoms with E-state index in [0.717, 1.165) is 16.6 Å². The fourth-order valence-electron chi connectivity index (χ4n) is 3.51. The van der Waals surface area contributed by atoms with Gasteiger partial charge in [-0.05, 0) is 44.0 Å². The van der Waals surface area contributed by atoms with Crippen LogP contribution >= 0.6 is 23.2 Å². The first kappa shape index (κ1) is 29.3. The Morgan fingerprint density at radius 1 is 1.14 bits per heavy atom. The maximum absolute atomic E-state index is 13.6. The summed E-state index contributed by atoms with van der Waals surface area (Å²) in [6.07, 6.45) is 1.13. The van der Waals surface area contributed by atoms with Crippen LogP contribution in [0.1, 0.15) is 32.8 Å². The maximum Gasteiger partial charge on any atom is 0.271 e. The van der Waals surface area contributed by atoms with E-state index in [9.17, 15) is 28.1 Å². The van der Waals surface area contributed by atoms with Crippen LogP contribution in [-0.4, -0.2) is 54.9 Å².